The predicted molar refractivity (Wildman–Crippen MR) is 86.6 cm³/mol. The van der Waals surface area contributed by atoms with Crippen molar-refractivity contribution >= 4 is 24.6 Å². The summed E-state index contributed by atoms with van der Waals surface area (Å²) in [5.41, 5.74) is 6.65. The van der Waals surface area contributed by atoms with E-state index in [0.717, 1.165) is 5.56 Å². The molecule has 0 saturated carbocycles. The van der Waals surface area contributed by atoms with Gasteiger partial charge in [0.25, 0.3) is 0 Å². The summed E-state index contributed by atoms with van der Waals surface area (Å²) in [4.78, 5) is 27.7. The smallest absolute Gasteiger partial charge is 0.526 e. The molecule has 1 aromatic carbocycles. The number of hydrogen-bond acceptors (Lipinski definition) is 7. The van der Waals surface area contributed by atoms with E-state index < -0.39 is 7.12 Å². The molecule has 1 aliphatic rings. The van der Waals surface area contributed by atoms with Crippen LogP contribution in [-0.4, -0.2) is 38.9 Å². The third-order valence-electron chi connectivity index (χ3n) is 4.00. The quantitative estimate of drug-likeness (QED) is 0.540. The molecule has 8 nitrogen and oxygen atoms in total. The number of carbonyl (C=O) groups excluding carboxylic acids is 2. The van der Waals surface area contributed by atoms with Crippen LogP contribution in [0.5, 0.6) is 5.75 Å². The van der Waals surface area contributed by atoms with Crippen molar-refractivity contribution in [2.75, 3.05) is 5.73 Å². The molecular weight excluding hydrogens is 311 g/mol. The average Bonchev–Trinajstić information content (AvgIpc) is 2.92. The van der Waals surface area contributed by atoms with Crippen molar-refractivity contribution in [3.8, 4) is 5.75 Å². The molecule has 4 N–H and O–H groups in total. The summed E-state index contributed by atoms with van der Waals surface area (Å²) in [5.74, 6) is 0.269. The molecule has 0 saturated heterocycles. The number of anilines is 1. The predicted octanol–water partition coefficient (Wildman–Crippen LogP) is 0.577. The highest BCUT2D eigenvalue weighted by Gasteiger charge is 2.37. The SMILES string of the molecule is CC(=O)c1cccc2c1OB(O)[C@@H](CC(=O)Cc1nc(N)n[nH]1)C2. The number of H-pyrrole nitrogens is 1. The Bertz CT molecular complexity index is 792. The summed E-state index contributed by atoms with van der Waals surface area (Å²) in [6.07, 6.45) is 0.654. The van der Waals surface area contributed by atoms with Crippen molar-refractivity contribution in [1.29, 1.82) is 0 Å². The summed E-state index contributed by atoms with van der Waals surface area (Å²) in [6.45, 7) is 1.45. The van der Waals surface area contributed by atoms with Crippen LogP contribution < -0.4 is 10.4 Å². The number of aromatic amines is 1. The molecule has 1 aliphatic heterocycles. The van der Waals surface area contributed by atoms with Crippen molar-refractivity contribution in [2.45, 2.75) is 32.0 Å². The topological polar surface area (TPSA) is 131 Å². The minimum absolute atomic E-state index is 0.0633. The number of Topliss-reactive ketones (excluding diaryl/α,β-unsaturated/α-hetero) is 2. The number of nitrogens with one attached hydrogen (secondary N) is 1. The third-order valence-corrected chi connectivity index (χ3v) is 4.00. The van der Waals surface area contributed by atoms with Gasteiger partial charge in [-0.2, -0.15) is 4.98 Å². The molecule has 3 rings (SSSR count). The summed E-state index contributed by atoms with van der Waals surface area (Å²) in [7, 11) is -1.14. The Morgan fingerprint density at radius 1 is 1.50 bits per heavy atom. The highest BCUT2D eigenvalue weighted by atomic mass is 16.5. The zero-order valence-corrected chi connectivity index (χ0v) is 13.2. The Morgan fingerprint density at radius 3 is 2.96 bits per heavy atom. The molecule has 0 unspecified atom stereocenters. The van der Waals surface area contributed by atoms with Crippen LogP contribution in [0.4, 0.5) is 5.95 Å². The van der Waals surface area contributed by atoms with Crippen LogP contribution in [0.3, 0.4) is 0 Å². The van der Waals surface area contributed by atoms with Crippen LogP contribution in [0, 0.1) is 0 Å². The van der Waals surface area contributed by atoms with E-state index in [1.54, 1.807) is 12.1 Å². The van der Waals surface area contributed by atoms with Crippen LogP contribution >= 0.6 is 0 Å². The first-order valence-corrected chi connectivity index (χ1v) is 7.60. The molecule has 0 bridgehead atoms. The van der Waals surface area contributed by atoms with E-state index in [1.165, 1.54) is 6.92 Å². The number of ketones is 2. The van der Waals surface area contributed by atoms with E-state index in [4.69, 9.17) is 10.4 Å². The first kappa shape index (κ1) is 16.2. The summed E-state index contributed by atoms with van der Waals surface area (Å²) in [6, 6.07) is 5.27. The molecule has 2 heterocycles. The van der Waals surface area contributed by atoms with Gasteiger partial charge >= 0.3 is 7.12 Å². The van der Waals surface area contributed by atoms with Crippen molar-refractivity contribution in [3.63, 3.8) is 0 Å². The monoisotopic (exact) mass is 328 g/mol. The zero-order chi connectivity index (χ0) is 17.3. The maximum absolute atomic E-state index is 12.2. The van der Waals surface area contributed by atoms with Gasteiger partial charge in [0.15, 0.2) is 5.78 Å². The second-order valence-corrected chi connectivity index (χ2v) is 5.88. The van der Waals surface area contributed by atoms with Crippen LogP contribution in [-0.2, 0) is 17.6 Å². The zero-order valence-electron chi connectivity index (χ0n) is 13.2. The maximum atomic E-state index is 12.2. The van der Waals surface area contributed by atoms with E-state index in [1.807, 2.05) is 6.07 Å². The second-order valence-electron chi connectivity index (χ2n) is 5.88. The molecule has 0 fully saturated rings. The van der Waals surface area contributed by atoms with E-state index in [2.05, 4.69) is 15.2 Å². The van der Waals surface area contributed by atoms with Gasteiger partial charge in [-0.3, -0.25) is 14.7 Å². The molecule has 2 aromatic rings. The number of para-hydroxylation sites is 1. The molecule has 1 aromatic heterocycles. The molecular formula is C15H17BN4O4. The number of carbonyl (C=O) groups is 2. The first-order valence-electron chi connectivity index (χ1n) is 7.60. The third kappa shape index (κ3) is 3.30. The van der Waals surface area contributed by atoms with Crippen LogP contribution in [0.25, 0.3) is 0 Å². The van der Waals surface area contributed by atoms with E-state index >= 15 is 0 Å². The Labute approximate surface area is 138 Å². The second kappa shape index (κ2) is 6.44. The molecule has 9 heteroatoms. The lowest BCUT2D eigenvalue weighted by Gasteiger charge is -2.28. The molecule has 1 atom stereocenters. The van der Waals surface area contributed by atoms with Crippen molar-refractivity contribution in [3.05, 3.63) is 35.2 Å². The van der Waals surface area contributed by atoms with Gasteiger partial charge in [-0.15, -0.1) is 5.10 Å². The molecule has 0 radical (unpaired) electrons. The number of hydrogen-bond donors (Lipinski definition) is 3. The number of benzene rings is 1. The number of aromatic nitrogens is 3. The molecule has 0 aliphatic carbocycles. The molecule has 24 heavy (non-hydrogen) atoms. The van der Waals surface area contributed by atoms with Gasteiger partial charge in [0.1, 0.15) is 17.4 Å². The van der Waals surface area contributed by atoms with Gasteiger partial charge in [0.2, 0.25) is 5.95 Å². The van der Waals surface area contributed by atoms with Crippen LogP contribution in [0.2, 0.25) is 5.82 Å². The number of nitrogen functional groups attached to an aromatic ring is 1. The lowest BCUT2D eigenvalue weighted by Crippen LogP contribution is -2.36. The summed E-state index contributed by atoms with van der Waals surface area (Å²) in [5, 5.41) is 16.5. The largest absolute Gasteiger partial charge is 0.535 e. The number of fused-ring (bicyclic) bond motifs is 1. The molecule has 124 valence electrons. The van der Waals surface area contributed by atoms with Crippen molar-refractivity contribution in [1.82, 2.24) is 15.2 Å². The molecule has 0 spiro atoms. The fourth-order valence-electron chi connectivity index (χ4n) is 2.88. The number of rotatable bonds is 5. The van der Waals surface area contributed by atoms with Gasteiger partial charge in [-0.1, -0.05) is 12.1 Å². The Balaban J connectivity index is 1.71. The fourth-order valence-corrected chi connectivity index (χ4v) is 2.88. The van der Waals surface area contributed by atoms with E-state index in [9.17, 15) is 14.6 Å². The van der Waals surface area contributed by atoms with Gasteiger partial charge in [-0.05, 0) is 25.0 Å². The standard InChI is InChI=1S/C15H17BN4O4/c1-8(21)12-4-2-3-9-5-10(16(23)24-14(9)12)6-11(22)7-13-18-15(17)20-19-13/h2-4,10,23H,5-7H2,1H3,(H3,17,18,19,20)/t10-/m1/s1. The fraction of sp³-hybridized carbons (Fsp3) is 0.333. The Hall–Kier alpha value is -2.68. The highest BCUT2D eigenvalue weighted by Crippen LogP contribution is 2.36. The first-order chi connectivity index (χ1) is 11.4. The Kier molecular flexibility index (Phi) is 4.35. The van der Waals surface area contributed by atoms with Gasteiger partial charge < -0.3 is 15.4 Å². The minimum atomic E-state index is -1.14. The number of nitrogens with zero attached hydrogens (tertiary/aromatic N) is 2. The average molecular weight is 328 g/mol. The van der Waals surface area contributed by atoms with Gasteiger partial charge in [-0.25, -0.2) is 0 Å². The van der Waals surface area contributed by atoms with Crippen molar-refractivity contribution < 1.29 is 19.3 Å². The van der Waals surface area contributed by atoms with E-state index in [0.29, 0.717) is 23.6 Å². The van der Waals surface area contributed by atoms with Crippen molar-refractivity contribution in [2.24, 2.45) is 0 Å². The molecule has 0 amide bonds. The van der Waals surface area contributed by atoms with Gasteiger partial charge in [0.05, 0.1) is 12.0 Å². The lowest BCUT2D eigenvalue weighted by atomic mass is 9.64. The lowest BCUT2D eigenvalue weighted by molar-refractivity contribution is -0.118. The van der Waals surface area contributed by atoms with Crippen LogP contribution in [0.15, 0.2) is 18.2 Å². The maximum Gasteiger partial charge on any atom is 0.526 e. The number of nitrogens with two attached hydrogens (primary N) is 1. The summed E-state index contributed by atoms with van der Waals surface area (Å²) < 4.78 is 5.52. The minimum Gasteiger partial charge on any atom is -0.535 e. The van der Waals surface area contributed by atoms with E-state index in [-0.39, 0.29) is 36.2 Å². The summed E-state index contributed by atoms with van der Waals surface area (Å²) >= 11 is 0. The normalized spacial score (nSPS) is 16.4. The highest BCUT2D eigenvalue weighted by molar-refractivity contribution is 6.47. The van der Waals surface area contributed by atoms with Crippen LogP contribution in [0.1, 0.15) is 35.1 Å². The Morgan fingerprint density at radius 2 is 2.29 bits per heavy atom. The van der Waals surface area contributed by atoms with Gasteiger partial charge in [0, 0.05) is 12.2 Å².